The smallest absolute Gasteiger partial charge is 0.266 e. The number of benzene rings is 3. The minimum Gasteiger partial charge on any atom is -0.458 e. The first kappa shape index (κ1) is 10.8. The summed E-state index contributed by atoms with van der Waals surface area (Å²) in [5.74, 6) is 3.66. The lowest BCUT2D eigenvalue weighted by atomic mass is 9.33. The lowest BCUT2D eigenvalue weighted by molar-refractivity contribution is 0.464. The molecule has 0 radical (unpaired) electrons. The molecule has 0 fully saturated rings. The van der Waals surface area contributed by atoms with E-state index in [1.54, 1.807) is 0 Å². The fourth-order valence-electron chi connectivity index (χ4n) is 3.88. The van der Waals surface area contributed by atoms with Crippen LogP contribution in [0.15, 0.2) is 54.6 Å². The maximum atomic E-state index is 6.13. The van der Waals surface area contributed by atoms with Gasteiger partial charge in [-0.1, -0.05) is 18.2 Å². The first-order valence-electron chi connectivity index (χ1n) is 7.41. The predicted octanol–water partition coefficient (Wildman–Crippen LogP) is 2.47. The molecule has 3 heterocycles. The summed E-state index contributed by atoms with van der Waals surface area (Å²) in [5, 5.41) is 3.52. The average molecular weight is 283 g/mol. The second-order valence-corrected chi connectivity index (χ2v) is 5.86. The fraction of sp³-hybridized carbons (Fsp3) is 0. The number of rotatable bonds is 0. The van der Waals surface area contributed by atoms with E-state index in [0.717, 1.165) is 39.8 Å². The van der Waals surface area contributed by atoms with Crippen LogP contribution in [0.4, 0.5) is 11.4 Å². The zero-order valence-corrected chi connectivity index (χ0v) is 11.6. The van der Waals surface area contributed by atoms with Crippen molar-refractivity contribution in [1.29, 1.82) is 0 Å². The van der Waals surface area contributed by atoms with Crippen LogP contribution < -0.4 is 31.2 Å². The van der Waals surface area contributed by atoms with Crippen molar-refractivity contribution in [1.82, 2.24) is 0 Å². The molecule has 3 nitrogen and oxygen atoms in total. The van der Waals surface area contributed by atoms with Gasteiger partial charge in [0, 0.05) is 16.8 Å². The zero-order chi connectivity index (χ0) is 14.3. The molecule has 3 aromatic rings. The number of anilines is 2. The van der Waals surface area contributed by atoms with E-state index in [9.17, 15) is 0 Å². The van der Waals surface area contributed by atoms with Gasteiger partial charge in [0.2, 0.25) is 0 Å². The van der Waals surface area contributed by atoms with Gasteiger partial charge in [-0.15, -0.1) is 0 Å². The van der Waals surface area contributed by atoms with Crippen LogP contribution >= 0.6 is 0 Å². The van der Waals surface area contributed by atoms with Crippen LogP contribution in [0, 0.1) is 0 Å². The number of hydrogen-bond acceptors (Lipinski definition) is 3. The van der Waals surface area contributed by atoms with Crippen LogP contribution in [-0.2, 0) is 0 Å². The van der Waals surface area contributed by atoms with E-state index in [4.69, 9.17) is 9.47 Å². The van der Waals surface area contributed by atoms with E-state index < -0.39 is 0 Å². The maximum Gasteiger partial charge on any atom is 0.266 e. The highest BCUT2D eigenvalue weighted by molar-refractivity contribution is 7.00. The molecule has 3 aliphatic heterocycles. The third kappa shape index (κ3) is 1.12. The molecular weight excluding hydrogens is 273 g/mol. The standard InChI is InChI=1S/C18H10BNO2/c1-4-10-16-12(6-1)21-14-8-3-9-15-18(14)19(16)17-11(20-10)5-2-7-13(17)22-15/h1-9,20H. The van der Waals surface area contributed by atoms with E-state index >= 15 is 0 Å². The molecule has 0 saturated carbocycles. The Labute approximate surface area is 127 Å². The van der Waals surface area contributed by atoms with E-state index in [-0.39, 0.29) is 6.71 Å². The van der Waals surface area contributed by atoms with E-state index in [2.05, 4.69) is 17.4 Å². The van der Waals surface area contributed by atoms with E-state index in [0.29, 0.717) is 0 Å². The quantitative estimate of drug-likeness (QED) is 0.434. The molecule has 102 valence electrons. The van der Waals surface area contributed by atoms with Crippen molar-refractivity contribution in [3.8, 4) is 23.0 Å². The first-order valence-corrected chi connectivity index (χ1v) is 7.41. The Morgan fingerprint density at radius 2 is 1.05 bits per heavy atom. The Hall–Kier alpha value is -2.88. The van der Waals surface area contributed by atoms with Crippen LogP contribution in [0.1, 0.15) is 0 Å². The number of nitrogens with one attached hydrogen (secondary N) is 1. The van der Waals surface area contributed by atoms with Crippen molar-refractivity contribution in [2.45, 2.75) is 0 Å². The van der Waals surface area contributed by atoms with Crippen LogP contribution in [0.5, 0.6) is 23.0 Å². The highest BCUT2D eigenvalue weighted by atomic mass is 16.5. The summed E-state index contributed by atoms with van der Waals surface area (Å²) in [4.78, 5) is 0. The Balaban J connectivity index is 1.80. The summed E-state index contributed by atoms with van der Waals surface area (Å²) >= 11 is 0. The molecule has 1 N–H and O–H groups in total. The van der Waals surface area contributed by atoms with Crippen LogP contribution in [0.3, 0.4) is 0 Å². The summed E-state index contributed by atoms with van der Waals surface area (Å²) in [7, 11) is 0. The zero-order valence-electron chi connectivity index (χ0n) is 11.6. The van der Waals surface area contributed by atoms with Crippen molar-refractivity contribution in [3.05, 3.63) is 54.6 Å². The Morgan fingerprint density at radius 1 is 0.591 bits per heavy atom. The van der Waals surface area contributed by atoms with Gasteiger partial charge in [0.15, 0.2) is 0 Å². The monoisotopic (exact) mass is 283 g/mol. The molecule has 0 atom stereocenters. The van der Waals surface area contributed by atoms with Crippen LogP contribution in [0.2, 0.25) is 0 Å². The van der Waals surface area contributed by atoms with Crippen molar-refractivity contribution < 1.29 is 9.47 Å². The summed E-state index contributed by atoms with van der Waals surface area (Å²) in [6.07, 6.45) is 0. The third-order valence-corrected chi connectivity index (χ3v) is 4.73. The molecular formula is C18H10BNO2. The largest absolute Gasteiger partial charge is 0.458 e. The Kier molecular flexibility index (Phi) is 1.70. The van der Waals surface area contributed by atoms with Gasteiger partial charge in [-0.05, 0) is 47.3 Å². The van der Waals surface area contributed by atoms with Gasteiger partial charge in [0.1, 0.15) is 23.0 Å². The molecule has 3 aliphatic rings. The molecule has 22 heavy (non-hydrogen) atoms. The van der Waals surface area contributed by atoms with Gasteiger partial charge in [-0.2, -0.15) is 0 Å². The summed E-state index contributed by atoms with van der Waals surface area (Å²) < 4.78 is 12.3. The summed E-state index contributed by atoms with van der Waals surface area (Å²) in [6.45, 7) is 0.187. The topological polar surface area (TPSA) is 30.5 Å². The fourth-order valence-corrected chi connectivity index (χ4v) is 3.88. The lowest BCUT2D eigenvalue weighted by Gasteiger charge is -2.37. The third-order valence-electron chi connectivity index (χ3n) is 4.73. The molecule has 6 rings (SSSR count). The number of hydrogen-bond donors (Lipinski definition) is 1. The van der Waals surface area contributed by atoms with Gasteiger partial charge < -0.3 is 14.8 Å². The molecule has 0 unspecified atom stereocenters. The van der Waals surface area contributed by atoms with Gasteiger partial charge in [0.05, 0.1) is 0 Å². The van der Waals surface area contributed by atoms with Crippen molar-refractivity contribution in [2.24, 2.45) is 0 Å². The molecule has 0 saturated heterocycles. The molecule has 4 heteroatoms. The minimum absolute atomic E-state index is 0.187. The Bertz CT molecular complexity index is 795. The number of ether oxygens (including phenoxy) is 2. The normalized spacial score (nSPS) is 14.5. The predicted molar refractivity (Wildman–Crippen MR) is 87.4 cm³/mol. The highest BCUT2D eigenvalue weighted by Crippen LogP contribution is 2.39. The molecule has 3 aromatic carbocycles. The summed E-state index contributed by atoms with van der Waals surface area (Å²) in [6, 6.07) is 18.4. The van der Waals surface area contributed by atoms with E-state index in [1.165, 1.54) is 10.9 Å². The van der Waals surface area contributed by atoms with Crippen LogP contribution in [-0.4, -0.2) is 6.71 Å². The van der Waals surface area contributed by atoms with Crippen LogP contribution in [0.25, 0.3) is 0 Å². The molecule has 0 bridgehead atoms. The maximum absolute atomic E-state index is 6.13. The van der Waals surface area contributed by atoms with Gasteiger partial charge in [0.25, 0.3) is 6.71 Å². The highest BCUT2D eigenvalue weighted by Gasteiger charge is 2.44. The molecule has 0 aromatic heterocycles. The second-order valence-electron chi connectivity index (χ2n) is 5.86. The lowest BCUT2D eigenvalue weighted by Crippen LogP contribution is -2.60. The minimum atomic E-state index is 0.187. The van der Waals surface area contributed by atoms with Crippen molar-refractivity contribution >= 4 is 34.5 Å². The van der Waals surface area contributed by atoms with E-state index in [1.807, 2.05) is 42.5 Å². The summed E-state index contributed by atoms with van der Waals surface area (Å²) in [5.41, 5.74) is 5.81. The van der Waals surface area contributed by atoms with Gasteiger partial charge in [-0.25, -0.2) is 0 Å². The van der Waals surface area contributed by atoms with Crippen molar-refractivity contribution in [3.63, 3.8) is 0 Å². The average Bonchev–Trinajstić information content (AvgIpc) is 2.55. The molecule has 0 spiro atoms. The van der Waals surface area contributed by atoms with Crippen molar-refractivity contribution in [2.75, 3.05) is 5.32 Å². The Morgan fingerprint density at radius 3 is 1.59 bits per heavy atom. The SMILES string of the molecule is c1cc2c3c(c1)Oc1cccc4c1B3c1c(cccc1O4)N2. The molecule has 0 amide bonds. The second kappa shape index (κ2) is 3.47. The van der Waals surface area contributed by atoms with Gasteiger partial charge in [-0.3, -0.25) is 0 Å². The van der Waals surface area contributed by atoms with Gasteiger partial charge >= 0.3 is 0 Å². The first-order chi connectivity index (χ1) is 10.9. The molecule has 0 aliphatic carbocycles.